The molecule has 1 aliphatic heterocycles. The van der Waals surface area contributed by atoms with Gasteiger partial charge in [-0.2, -0.15) is 0 Å². The molecule has 0 saturated heterocycles. The summed E-state index contributed by atoms with van der Waals surface area (Å²) in [5, 5.41) is 0. The van der Waals surface area contributed by atoms with Crippen molar-refractivity contribution in [2.45, 2.75) is 0 Å². The zero-order valence-corrected chi connectivity index (χ0v) is 10.6. The minimum atomic E-state index is 0. The van der Waals surface area contributed by atoms with Crippen LogP contribution in [-0.2, 0) is 0 Å². The molecule has 3 rings (SSSR count). The smallest absolute Gasteiger partial charge is 0.127 e. The van der Waals surface area contributed by atoms with E-state index in [4.69, 9.17) is 14.9 Å². The van der Waals surface area contributed by atoms with Gasteiger partial charge in [-0.05, 0) is 29.3 Å². The molecule has 18 heavy (non-hydrogen) atoms. The van der Waals surface area contributed by atoms with Crippen LogP contribution in [0.4, 0.5) is 0 Å². The van der Waals surface area contributed by atoms with E-state index in [1.807, 2.05) is 18.2 Å². The van der Waals surface area contributed by atoms with Gasteiger partial charge in [0.05, 0.1) is 12.5 Å². The number of fused-ring (bicyclic) bond motifs is 1. The summed E-state index contributed by atoms with van der Waals surface area (Å²) in [6.07, 6.45) is 5.42. The molecule has 0 bridgehead atoms. The van der Waals surface area contributed by atoms with Crippen LogP contribution in [0, 0.1) is 0 Å². The molecule has 0 unspecified atom stereocenters. The molecule has 1 aromatic carbocycles. The van der Waals surface area contributed by atoms with Crippen molar-refractivity contribution in [1.29, 1.82) is 0 Å². The molecule has 0 spiro atoms. The third-order valence-electron chi connectivity index (χ3n) is 2.97. The van der Waals surface area contributed by atoms with E-state index in [0.29, 0.717) is 13.2 Å². The van der Waals surface area contributed by atoms with Gasteiger partial charge in [-0.1, -0.05) is 12.1 Å². The summed E-state index contributed by atoms with van der Waals surface area (Å²) in [5.74, 6) is 0.895. The van der Waals surface area contributed by atoms with Crippen LogP contribution in [0.5, 0.6) is 5.75 Å². The minimum absolute atomic E-state index is 0. The van der Waals surface area contributed by atoms with Crippen LogP contribution in [0.2, 0.25) is 0 Å². The van der Waals surface area contributed by atoms with E-state index in [9.17, 15) is 0 Å². The Labute approximate surface area is 112 Å². The molecule has 3 nitrogen and oxygen atoms in total. The van der Waals surface area contributed by atoms with E-state index in [1.165, 1.54) is 0 Å². The Bertz CT molecular complexity index is 561. The maximum Gasteiger partial charge on any atom is 0.127 e. The summed E-state index contributed by atoms with van der Waals surface area (Å²) in [4.78, 5) is 0. The second-order valence-electron chi connectivity index (χ2n) is 3.97. The van der Waals surface area contributed by atoms with Crippen molar-refractivity contribution in [3.05, 3.63) is 48.4 Å². The van der Waals surface area contributed by atoms with Gasteiger partial charge in [0.2, 0.25) is 0 Å². The first kappa shape index (κ1) is 12.7. The molecule has 0 atom stereocenters. The summed E-state index contributed by atoms with van der Waals surface area (Å²) in [6.45, 7) is 1.13. The van der Waals surface area contributed by atoms with E-state index in [1.54, 1.807) is 12.5 Å². The van der Waals surface area contributed by atoms with Gasteiger partial charge in [0, 0.05) is 17.7 Å². The highest BCUT2D eigenvalue weighted by Gasteiger charge is 2.13. The van der Waals surface area contributed by atoms with Gasteiger partial charge in [-0.25, -0.2) is 0 Å². The SMILES string of the molecule is Cl.NCC1=CCOc2cc(-c3ccoc3)ccc21. The van der Waals surface area contributed by atoms with Crippen molar-refractivity contribution in [3.8, 4) is 16.9 Å². The van der Waals surface area contributed by atoms with Crippen LogP contribution in [0.15, 0.2) is 47.3 Å². The molecule has 0 radical (unpaired) electrons. The maximum absolute atomic E-state index is 5.71. The monoisotopic (exact) mass is 263 g/mol. The van der Waals surface area contributed by atoms with E-state index >= 15 is 0 Å². The molecule has 0 saturated carbocycles. The predicted octanol–water partition coefficient (Wildman–Crippen LogP) is 3.10. The number of halogens is 1. The van der Waals surface area contributed by atoms with Gasteiger partial charge in [0.25, 0.3) is 0 Å². The number of furan rings is 1. The van der Waals surface area contributed by atoms with Crippen LogP contribution in [0.1, 0.15) is 5.56 Å². The van der Waals surface area contributed by atoms with Gasteiger partial charge < -0.3 is 14.9 Å². The van der Waals surface area contributed by atoms with E-state index in [0.717, 1.165) is 28.0 Å². The fourth-order valence-corrected chi connectivity index (χ4v) is 2.05. The second kappa shape index (κ2) is 5.29. The maximum atomic E-state index is 5.71. The number of rotatable bonds is 2. The fourth-order valence-electron chi connectivity index (χ4n) is 2.05. The number of nitrogens with two attached hydrogens (primary N) is 1. The lowest BCUT2D eigenvalue weighted by Gasteiger charge is -2.18. The van der Waals surface area contributed by atoms with Gasteiger partial charge in [0.1, 0.15) is 12.4 Å². The van der Waals surface area contributed by atoms with E-state index < -0.39 is 0 Å². The molecule has 2 N–H and O–H groups in total. The van der Waals surface area contributed by atoms with Gasteiger partial charge in [-0.15, -0.1) is 12.4 Å². The van der Waals surface area contributed by atoms with Crippen molar-refractivity contribution in [1.82, 2.24) is 0 Å². The molecule has 4 heteroatoms. The minimum Gasteiger partial charge on any atom is -0.489 e. The Balaban J connectivity index is 0.00000120. The third-order valence-corrected chi connectivity index (χ3v) is 2.97. The van der Waals surface area contributed by atoms with E-state index in [-0.39, 0.29) is 12.4 Å². The Kier molecular flexibility index (Phi) is 3.75. The number of benzene rings is 1. The highest BCUT2D eigenvalue weighted by atomic mass is 35.5. The van der Waals surface area contributed by atoms with Crippen LogP contribution in [0.3, 0.4) is 0 Å². The van der Waals surface area contributed by atoms with Crippen molar-refractivity contribution >= 4 is 18.0 Å². The van der Waals surface area contributed by atoms with Crippen LogP contribution in [0.25, 0.3) is 16.7 Å². The van der Waals surface area contributed by atoms with Crippen LogP contribution < -0.4 is 10.5 Å². The second-order valence-corrected chi connectivity index (χ2v) is 3.97. The Hall–Kier alpha value is -1.71. The third kappa shape index (κ3) is 2.15. The molecule has 1 aliphatic rings. The highest BCUT2D eigenvalue weighted by molar-refractivity contribution is 5.85. The van der Waals surface area contributed by atoms with Crippen LogP contribution in [-0.4, -0.2) is 13.2 Å². The van der Waals surface area contributed by atoms with Gasteiger partial charge >= 0.3 is 0 Å². The Morgan fingerprint density at radius 2 is 2.06 bits per heavy atom. The molecule has 0 aliphatic carbocycles. The zero-order chi connectivity index (χ0) is 11.7. The normalized spacial score (nSPS) is 13.1. The summed E-state index contributed by atoms with van der Waals surface area (Å²) in [6, 6.07) is 8.07. The van der Waals surface area contributed by atoms with Crippen molar-refractivity contribution in [3.63, 3.8) is 0 Å². The lowest BCUT2D eigenvalue weighted by molar-refractivity contribution is 0.357. The van der Waals surface area contributed by atoms with Crippen LogP contribution >= 0.6 is 12.4 Å². The first-order valence-corrected chi connectivity index (χ1v) is 5.57. The fraction of sp³-hybridized carbons (Fsp3) is 0.143. The molecule has 2 heterocycles. The van der Waals surface area contributed by atoms with Crippen molar-refractivity contribution in [2.24, 2.45) is 5.73 Å². The Morgan fingerprint density at radius 1 is 1.17 bits per heavy atom. The first-order valence-electron chi connectivity index (χ1n) is 5.57. The molecule has 0 fully saturated rings. The summed E-state index contributed by atoms with van der Waals surface area (Å²) < 4.78 is 10.7. The largest absolute Gasteiger partial charge is 0.489 e. The Morgan fingerprint density at radius 3 is 2.78 bits per heavy atom. The number of hydrogen-bond donors (Lipinski definition) is 1. The average Bonchev–Trinajstić information content (AvgIpc) is 2.91. The number of hydrogen-bond acceptors (Lipinski definition) is 3. The molecular weight excluding hydrogens is 250 g/mol. The molecule has 2 aromatic rings. The summed E-state index contributed by atoms with van der Waals surface area (Å²) >= 11 is 0. The summed E-state index contributed by atoms with van der Waals surface area (Å²) in [5.41, 5.74) is 10.1. The molecule has 0 amide bonds. The topological polar surface area (TPSA) is 48.4 Å². The van der Waals surface area contributed by atoms with E-state index in [2.05, 4.69) is 12.1 Å². The highest BCUT2D eigenvalue weighted by Crippen LogP contribution is 2.33. The lowest BCUT2D eigenvalue weighted by Crippen LogP contribution is -2.10. The predicted molar refractivity (Wildman–Crippen MR) is 73.9 cm³/mol. The average molecular weight is 264 g/mol. The molecule has 1 aromatic heterocycles. The van der Waals surface area contributed by atoms with Gasteiger partial charge in [-0.3, -0.25) is 0 Å². The summed E-state index contributed by atoms with van der Waals surface area (Å²) in [7, 11) is 0. The van der Waals surface area contributed by atoms with Crippen molar-refractivity contribution in [2.75, 3.05) is 13.2 Å². The molecule has 94 valence electrons. The van der Waals surface area contributed by atoms with Crippen molar-refractivity contribution < 1.29 is 9.15 Å². The lowest BCUT2D eigenvalue weighted by atomic mass is 9.99. The first-order chi connectivity index (χ1) is 8.38. The quantitative estimate of drug-likeness (QED) is 0.906. The zero-order valence-electron chi connectivity index (χ0n) is 9.76. The number of ether oxygens (including phenoxy) is 1. The standard InChI is InChI=1S/C14H13NO2.ClH/c15-8-11-4-6-17-14-7-10(1-2-13(11)14)12-3-5-16-9-12;/h1-5,7,9H,6,8,15H2;1H. The van der Waals surface area contributed by atoms with Gasteiger partial charge in [0.15, 0.2) is 0 Å². The molecular formula is C14H14ClNO2.